The van der Waals surface area contributed by atoms with Gasteiger partial charge in [-0.2, -0.15) is 0 Å². The first-order valence-electron chi connectivity index (χ1n) is 5.54. The van der Waals surface area contributed by atoms with Crippen molar-refractivity contribution in [1.82, 2.24) is 0 Å². The van der Waals surface area contributed by atoms with E-state index in [1.54, 1.807) is 19.9 Å². The van der Waals surface area contributed by atoms with Gasteiger partial charge in [0.1, 0.15) is 0 Å². The maximum absolute atomic E-state index is 12.2. The Labute approximate surface area is 117 Å². The van der Waals surface area contributed by atoms with Crippen molar-refractivity contribution in [3.8, 4) is 0 Å². The molecule has 4 nitrogen and oxygen atoms in total. The predicted octanol–water partition coefficient (Wildman–Crippen LogP) is 3.09. The molecule has 0 amide bonds. The topological polar surface area (TPSA) is 71.4 Å². The minimum atomic E-state index is -3.59. The van der Waals surface area contributed by atoms with Gasteiger partial charge in [-0.1, -0.05) is 23.3 Å². The first-order valence-corrected chi connectivity index (χ1v) is 7.57. The molecule has 0 atom stereocenters. The molecule has 19 heavy (non-hydrogen) atoms. The minimum absolute atomic E-state index is 0.0325. The van der Waals surface area contributed by atoms with E-state index in [-0.39, 0.29) is 26.8 Å². The Morgan fingerprint density at radius 3 is 2.42 bits per heavy atom. The number of carboxylic acids is 1. The van der Waals surface area contributed by atoms with E-state index in [4.69, 9.17) is 16.7 Å². The number of aromatic carboxylic acids is 1. The molecule has 0 aliphatic carbocycles. The fourth-order valence-corrected chi connectivity index (χ4v) is 3.46. The summed E-state index contributed by atoms with van der Waals surface area (Å²) < 4.78 is 24.4. The highest BCUT2D eigenvalue weighted by Gasteiger charge is 2.21. The highest BCUT2D eigenvalue weighted by molar-refractivity contribution is 7.91. The molecular weight excluding hydrogens is 288 g/mol. The molecule has 0 heterocycles. The van der Waals surface area contributed by atoms with Crippen LogP contribution in [0.25, 0.3) is 0 Å². The highest BCUT2D eigenvalue weighted by Crippen LogP contribution is 2.25. The number of benzene rings is 1. The molecule has 1 N–H and O–H groups in total. The van der Waals surface area contributed by atoms with Gasteiger partial charge < -0.3 is 5.11 Å². The van der Waals surface area contributed by atoms with Crippen LogP contribution in [0.3, 0.4) is 0 Å². The van der Waals surface area contributed by atoms with Crippen LogP contribution in [0.1, 0.15) is 29.8 Å². The van der Waals surface area contributed by atoms with Crippen molar-refractivity contribution in [3.05, 3.63) is 39.9 Å². The van der Waals surface area contributed by atoms with Crippen molar-refractivity contribution in [2.45, 2.75) is 25.7 Å². The van der Waals surface area contributed by atoms with Gasteiger partial charge >= 0.3 is 5.97 Å². The van der Waals surface area contributed by atoms with E-state index >= 15 is 0 Å². The van der Waals surface area contributed by atoms with Crippen molar-refractivity contribution in [3.63, 3.8) is 0 Å². The molecule has 0 unspecified atom stereocenters. The van der Waals surface area contributed by atoms with Gasteiger partial charge in [-0.15, -0.1) is 0 Å². The van der Waals surface area contributed by atoms with Crippen molar-refractivity contribution < 1.29 is 18.3 Å². The Morgan fingerprint density at radius 2 is 1.95 bits per heavy atom. The van der Waals surface area contributed by atoms with Gasteiger partial charge in [-0.05, 0) is 38.5 Å². The Balaban J connectivity index is 3.43. The van der Waals surface area contributed by atoms with Crippen LogP contribution in [0.4, 0.5) is 0 Å². The van der Waals surface area contributed by atoms with E-state index in [1.807, 2.05) is 0 Å². The molecule has 0 bridgehead atoms. The number of allylic oxidation sites excluding steroid dienone is 1. The second kappa shape index (κ2) is 5.75. The highest BCUT2D eigenvalue weighted by atomic mass is 35.5. The van der Waals surface area contributed by atoms with Crippen molar-refractivity contribution >= 4 is 27.4 Å². The molecule has 6 heteroatoms. The molecule has 0 saturated carbocycles. The summed E-state index contributed by atoms with van der Waals surface area (Å²) in [6.07, 6.45) is 1.58. The average molecular weight is 303 g/mol. The van der Waals surface area contributed by atoms with E-state index < -0.39 is 15.8 Å². The van der Waals surface area contributed by atoms with Gasteiger partial charge in [-0.25, -0.2) is 13.2 Å². The van der Waals surface area contributed by atoms with Crippen LogP contribution >= 0.6 is 11.6 Å². The quantitative estimate of drug-likeness (QED) is 0.868. The number of sulfone groups is 1. The summed E-state index contributed by atoms with van der Waals surface area (Å²) in [6.45, 7) is 5.06. The minimum Gasteiger partial charge on any atom is -0.478 e. The number of hydrogen-bond donors (Lipinski definition) is 1. The summed E-state index contributed by atoms with van der Waals surface area (Å²) in [5, 5.41) is 9.13. The third-order valence-corrected chi connectivity index (χ3v) is 4.52. The molecule has 0 aliphatic rings. The first-order chi connectivity index (χ1) is 8.65. The van der Waals surface area contributed by atoms with Crippen molar-refractivity contribution in [1.29, 1.82) is 0 Å². The van der Waals surface area contributed by atoms with Crippen molar-refractivity contribution in [2.24, 2.45) is 0 Å². The molecule has 0 aromatic heterocycles. The molecule has 104 valence electrons. The maximum Gasteiger partial charge on any atom is 0.336 e. The van der Waals surface area contributed by atoms with Crippen LogP contribution in [0.15, 0.2) is 28.7 Å². The second-order valence-corrected chi connectivity index (χ2v) is 6.88. The molecule has 0 saturated heterocycles. The summed E-state index contributed by atoms with van der Waals surface area (Å²) in [7, 11) is -3.59. The largest absolute Gasteiger partial charge is 0.478 e. The monoisotopic (exact) mass is 302 g/mol. The zero-order valence-corrected chi connectivity index (χ0v) is 12.5. The van der Waals surface area contributed by atoms with Gasteiger partial charge in [-0.3, -0.25) is 0 Å². The Bertz CT molecular complexity index is 641. The molecule has 0 aliphatic heterocycles. The van der Waals surface area contributed by atoms with Gasteiger partial charge in [0, 0.05) is 5.02 Å². The summed E-state index contributed by atoms with van der Waals surface area (Å²) in [6, 6.07) is 2.54. The molecule has 1 rings (SSSR count). The molecule has 0 radical (unpaired) electrons. The molecule has 0 spiro atoms. The maximum atomic E-state index is 12.2. The lowest BCUT2D eigenvalue weighted by molar-refractivity contribution is 0.0696. The third kappa shape index (κ3) is 3.81. The lowest BCUT2D eigenvalue weighted by Crippen LogP contribution is -2.10. The average Bonchev–Trinajstić information content (AvgIpc) is 2.28. The van der Waals surface area contributed by atoms with Crippen LogP contribution in [0.2, 0.25) is 5.02 Å². The number of halogens is 1. The normalized spacial score (nSPS) is 11.2. The lowest BCUT2D eigenvalue weighted by Gasteiger charge is -2.10. The smallest absolute Gasteiger partial charge is 0.336 e. The van der Waals surface area contributed by atoms with Crippen LogP contribution in [0, 0.1) is 6.92 Å². The summed E-state index contributed by atoms with van der Waals surface area (Å²) in [4.78, 5) is 11.0. The van der Waals surface area contributed by atoms with Crippen LogP contribution < -0.4 is 0 Å². The molecule has 1 aromatic rings. The zero-order chi connectivity index (χ0) is 14.8. The Morgan fingerprint density at radius 1 is 1.37 bits per heavy atom. The SMILES string of the molecule is CC(C)=CCS(=O)(=O)c1cc(Cl)cc(C(=O)O)c1C. The number of rotatable bonds is 4. The van der Waals surface area contributed by atoms with Crippen LogP contribution in [-0.4, -0.2) is 25.2 Å². The van der Waals surface area contributed by atoms with E-state index in [2.05, 4.69) is 0 Å². The van der Waals surface area contributed by atoms with Gasteiger partial charge in [0.15, 0.2) is 9.84 Å². The fourth-order valence-electron chi connectivity index (χ4n) is 1.57. The first kappa shape index (κ1) is 15.7. The number of carboxylic acid groups (broad SMARTS) is 1. The standard InChI is InChI=1S/C13H15ClO4S/c1-8(2)4-5-19(17,18)12-7-10(14)6-11(9(12)3)13(15)16/h4,6-7H,5H2,1-3H3,(H,15,16). The summed E-state index contributed by atoms with van der Waals surface area (Å²) >= 11 is 5.79. The third-order valence-electron chi connectivity index (χ3n) is 2.60. The van der Waals surface area contributed by atoms with E-state index in [0.717, 1.165) is 5.57 Å². The Kier molecular flexibility index (Phi) is 4.76. The predicted molar refractivity (Wildman–Crippen MR) is 74.6 cm³/mol. The van der Waals surface area contributed by atoms with E-state index in [0.29, 0.717) is 0 Å². The van der Waals surface area contributed by atoms with Gasteiger partial charge in [0.05, 0.1) is 16.2 Å². The van der Waals surface area contributed by atoms with Gasteiger partial charge in [0.2, 0.25) is 0 Å². The Hall–Kier alpha value is -1.33. The summed E-state index contributed by atoms with van der Waals surface area (Å²) in [5.41, 5.74) is 0.990. The summed E-state index contributed by atoms with van der Waals surface area (Å²) in [5.74, 6) is -1.37. The van der Waals surface area contributed by atoms with E-state index in [1.165, 1.54) is 19.1 Å². The second-order valence-electron chi connectivity index (χ2n) is 4.44. The molecule has 0 fully saturated rings. The molecule has 1 aromatic carbocycles. The molecular formula is C13H15ClO4S. The number of hydrogen-bond acceptors (Lipinski definition) is 3. The fraction of sp³-hybridized carbons (Fsp3) is 0.308. The number of carbonyl (C=O) groups is 1. The van der Waals surface area contributed by atoms with Crippen LogP contribution in [-0.2, 0) is 9.84 Å². The van der Waals surface area contributed by atoms with Gasteiger partial charge in [0.25, 0.3) is 0 Å². The zero-order valence-electron chi connectivity index (χ0n) is 10.9. The van der Waals surface area contributed by atoms with Crippen molar-refractivity contribution in [2.75, 3.05) is 5.75 Å². The van der Waals surface area contributed by atoms with Crippen LogP contribution in [0.5, 0.6) is 0 Å². The van der Waals surface area contributed by atoms with E-state index in [9.17, 15) is 13.2 Å². The lowest BCUT2D eigenvalue weighted by atomic mass is 10.1.